The van der Waals surface area contributed by atoms with Crippen LogP contribution >= 0.6 is 0 Å². The standard InChI is InChI=1S/C11H11N/c1-9-5-4-7-11-10(9)6-2-3-8-12-11/h2-5,7-8H,6H2,1H3. The molecule has 1 aromatic carbocycles. The van der Waals surface area contributed by atoms with Crippen molar-refractivity contribution in [3.63, 3.8) is 0 Å². The lowest BCUT2D eigenvalue weighted by molar-refractivity contribution is 1.21. The Hall–Kier alpha value is -1.37. The summed E-state index contributed by atoms with van der Waals surface area (Å²) in [4.78, 5) is 4.34. The predicted molar refractivity (Wildman–Crippen MR) is 52.2 cm³/mol. The van der Waals surface area contributed by atoms with Crippen molar-refractivity contribution < 1.29 is 0 Å². The zero-order valence-corrected chi connectivity index (χ0v) is 7.12. The van der Waals surface area contributed by atoms with E-state index in [0.29, 0.717) is 0 Å². The van der Waals surface area contributed by atoms with Crippen molar-refractivity contribution >= 4 is 11.9 Å². The lowest BCUT2D eigenvalue weighted by atomic mass is 10.0. The quantitative estimate of drug-likeness (QED) is 0.549. The Kier molecular flexibility index (Phi) is 1.78. The molecule has 0 unspecified atom stereocenters. The molecule has 0 saturated heterocycles. The van der Waals surface area contributed by atoms with Crippen LogP contribution in [-0.4, -0.2) is 6.21 Å². The zero-order chi connectivity index (χ0) is 8.39. The number of fused-ring (bicyclic) bond motifs is 1. The van der Waals surface area contributed by atoms with Gasteiger partial charge in [-0.15, -0.1) is 0 Å². The monoisotopic (exact) mass is 157 g/mol. The van der Waals surface area contributed by atoms with Gasteiger partial charge in [-0.25, -0.2) is 0 Å². The molecular formula is C11H11N. The highest BCUT2D eigenvalue weighted by atomic mass is 14.7. The number of aryl methyl sites for hydroxylation is 1. The largest absolute Gasteiger partial charge is 0.257 e. The second kappa shape index (κ2) is 2.94. The molecule has 1 heteroatoms. The van der Waals surface area contributed by atoms with Gasteiger partial charge in [0.25, 0.3) is 0 Å². The van der Waals surface area contributed by atoms with Gasteiger partial charge < -0.3 is 0 Å². The predicted octanol–water partition coefficient (Wildman–Crippen LogP) is 2.81. The third kappa shape index (κ3) is 1.18. The smallest absolute Gasteiger partial charge is 0.0667 e. The molecule has 0 aliphatic carbocycles. The Labute approximate surface area is 72.5 Å². The van der Waals surface area contributed by atoms with Gasteiger partial charge >= 0.3 is 0 Å². The van der Waals surface area contributed by atoms with E-state index in [1.54, 1.807) is 0 Å². The Morgan fingerprint density at radius 2 is 2.25 bits per heavy atom. The van der Waals surface area contributed by atoms with E-state index in [1.165, 1.54) is 11.1 Å². The van der Waals surface area contributed by atoms with Crippen LogP contribution in [0.1, 0.15) is 11.1 Å². The third-order valence-corrected chi connectivity index (χ3v) is 2.14. The van der Waals surface area contributed by atoms with Gasteiger partial charge in [0.2, 0.25) is 0 Å². The summed E-state index contributed by atoms with van der Waals surface area (Å²) >= 11 is 0. The summed E-state index contributed by atoms with van der Waals surface area (Å²) in [6.07, 6.45) is 7.00. The first-order valence-corrected chi connectivity index (χ1v) is 4.15. The van der Waals surface area contributed by atoms with Crippen molar-refractivity contribution in [2.24, 2.45) is 4.99 Å². The number of rotatable bonds is 0. The Balaban J connectivity index is 2.59. The van der Waals surface area contributed by atoms with Gasteiger partial charge in [-0.1, -0.05) is 18.2 Å². The number of allylic oxidation sites excluding steroid dienone is 2. The summed E-state index contributed by atoms with van der Waals surface area (Å²) < 4.78 is 0. The molecule has 60 valence electrons. The molecule has 0 bridgehead atoms. The van der Waals surface area contributed by atoms with Crippen molar-refractivity contribution in [3.8, 4) is 0 Å². The SMILES string of the molecule is Cc1cccc2c1CC=CC=N2. The van der Waals surface area contributed by atoms with Crippen molar-refractivity contribution in [2.45, 2.75) is 13.3 Å². The van der Waals surface area contributed by atoms with Crippen molar-refractivity contribution in [1.82, 2.24) is 0 Å². The molecule has 0 N–H and O–H groups in total. The summed E-state index contributed by atoms with van der Waals surface area (Å²) in [6, 6.07) is 6.25. The molecule has 1 aromatic rings. The number of hydrogen-bond donors (Lipinski definition) is 0. The van der Waals surface area contributed by atoms with Crippen molar-refractivity contribution in [1.29, 1.82) is 0 Å². The van der Waals surface area contributed by atoms with Crippen LogP contribution in [-0.2, 0) is 6.42 Å². The molecule has 0 atom stereocenters. The van der Waals surface area contributed by atoms with Crippen LogP contribution in [0.4, 0.5) is 5.69 Å². The summed E-state index contributed by atoms with van der Waals surface area (Å²) in [5.74, 6) is 0. The molecule has 1 aliphatic heterocycles. The molecule has 0 radical (unpaired) electrons. The maximum Gasteiger partial charge on any atom is 0.0667 e. The summed E-state index contributed by atoms with van der Waals surface area (Å²) in [7, 11) is 0. The molecule has 0 saturated carbocycles. The van der Waals surface area contributed by atoms with Crippen LogP contribution in [0.5, 0.6) is 0 Å². The number of benzene rings is 1. The van der Waals surface area contributed by atoms with Crippen LogP contribution < -0.4 is 0 Å². The Morgan fingerprint density at radius 3 is 3.17 bits per heavy atom. The van der Waals surface area contributed by atoms with E-state index in [-0.39, 0.29) is 0 Å². The maximum absolute atomic E-state index is 4.34. The van der Waals surface area contributed by atoms with Gasteiger partial charge in [-0.2, -0.15) is 0 Å². The molecule has 1 aliphatic rings. The molecular weight excluding hydrogens is 146 g/mol. The Bertz CT molecular complexity index is 348. The minimum absolute atomic E-state index is 1.00. The third-order valence-electron chi connectivity index (χ3n) is 2.14. The lowest BCUT2D eigenvalue weighted by Crippen LogP contribution is -1.85. The van der Waals surface area contributed by atoms with Crippen LogP contribution in [0.3, 0.4) is 0 Å². The molecule has 1 nitrogen and oxygen atoms in total. The highest BCUT2D eigenvalue weighted by molar-refractivity contribution is 5.76. The van der Waals surface area contributed by atoms with Crippen LogP contribution in [0.25, 0.3) is 0 Å². The second-order valence-corrected chi connectivity index (χ2v) is 2.98. The minimum atomic E-state index is 1.00. The van der Waals surface area contributed by atoms with Gasteiger partial charge in [0.05, 0.1) is 5.69 Å². The number of hydrogen-bond acceptors (Lipinski definition) is 1. The van der Waals surface area contributed by atoms with E-state index in [2.05, 4.69) is 36.2 Å². The second-order valence-electron chi connectivity index (χ2n) is 2.98. The van der Waals surface area contributed by atoms with Crippen LogP contribution in [0, 0.1) is 6.92 Å². The Morgan fingerprint density at radius 1 is 1.33 bits per heavy atom. The topological polar surface area (TPSA) is 12.4 Å². The first-order valence-electron chi connectivity index (χ1n) is 4.15. The molecule has 0 amide bonds. The minimum Gasteiger partial charge on any atom is -0.257 e. The van der Waals surface area contributed by atoms with Gasteiger partial charge in [0.1, 0.15) is 0 Å². The normalized spacial score (nSPS) is 14.1. The maximum atomic E-state index is 4.34. The molecule has 2 rings (SSSR count). The van der Waals surface area contributed by atoms with Gasteiger partial charge in [-0.3, -0.25) is 4.99 Å². The van der Waals surface area contributed by atoms with Gasteiger partial charge in [0.15, 0.2) is 0 Å². The van der Waals surface area contributed by atoms with Crippen LogP contribution in [0.15, 0.2) is 35.3 Å². The molecule has 1 heterocycles. The fourth-order valence-electron chi connectivity index (χ4n) is 1.44. The fraction of sp³-hybridized carbons (Fsp3) is 0.182. The number of aliphatic imine (C=N–C) groups is 1. The average Bonchev–Trinajstić information content (AvgIpc) is 2.30. The van der Waals surface area contributed by atoms with Gasteiger partial charge in [-0.05, 0) is 36.6 Å². The first kappa shape index (κ1) is 7.29. The summed E-state index contributed by atoms with van der Waals surface area (Å²) in [5.41, 5.74) is 3.79. The van der Waals surface area contributed by atoms with Crippen molar-refractivity contribution in [3.05, 3.63) is 41.5 Å². The van der Waals surface area contributed by atoms with Crippen molar-refractivity contribution in [2.75, 3.05) is 0 Å². The van der Waals surface area contributed by atoms with E-state index in [4.69, 9.17) is 0 Å². The van der Waals surface area contributed by atoms with E-state index in [1.807, 2.05) is 12.3 Å². The highest BCUT2D eigenvalue weighted by Gasteiger charge is 2.03. The lowest BCUT2D eigenvalue weighted by Gasteiger charge is -2.04. The van der Waals surface area contributed by atoms with Crippen LogP contribution in [0.2, 0.25) is 0 Å². The summed E-state index contributed by atoms with van der Waals surface area (Å²) in [5, 5.41) is 0. The van der Waals surface area contributed by atoms with E-state index in [0.717, 1.165) is 12.1 Å². The molecule has 0 spiro atoms. The highest BCUT2D eigenvalue weighted by Crippen LogP contribution is 2.24. The first-order chi connectivity index (χ1) is 5.88. The zero-order valence-electron chi connectivity index (χ0n) is 7.12. The van der Waals surface area contributed by atoms with E-state index >= 15 is 0 Å². The average molecular weight is 157 g/mol. The molecule has 0 aromatic heterocycles. The molecule has 12 heavy (non-hydrogen) atoms. The number of nitrogens with zero attached hydrogens (tertiary/aromatic N) is 1. The summed E-state index contributed by atoms with van der Waals surface area (Å²) in [6.45, 7) is 2.13. The van der Waals surface area contributed by atoms with E-state index in [9.17, 15) is 0 Å². The van der Waals surface area contributed by atoms with Gasteiger partial charge in [0, 0.05) is 6.21 Å². The van der Waals surface area contributed by atoms with E-state index < -0.39 is 0 Å². The fourth-order valence-corrected chi connectivity index (χ4v) is 1.44. The molecule has 0 fully saturated rings.